The van der Waals surface area contributed by atoms with E-state index < -0.39 is 43.7 Å². The number of amides is 3. The molecule has 4 saturated carbocycles. The zero-order valence-electron chi connectivity index (χ0n) is 25.9. The zero-order valence-corrected chi connectivity index (χ0v) is 27.5. The summed E-state index contributed by atoms with van der Waals surface area (Å²) < 4.78 is 27.9. The van der Waals surface area contributed by atoms with E-state index in [1.54, 1.807) is 4.90 Å². The van der Waals surface area contributed by atoms with Gasteiger partial charge in [-0.1, -0.05) is 67.7 Å². The van der Waals surface area contributed by atoms with Crippen LogP contribution in [0.4, 0.5) is 0 Å². The number of carbonyl (C=O) groups is 3. The number of hydrogen-bond donors (Lipinski definition) is 3. The Balaban J connectivity index is 0.00000387. The lowest BCUT2D eigenvalue weighted by molar-refractivity contribution is -0.142. The summed E-state index contributed by atoms with van der Waals surface area (Å²) in [5.74, 6) is -1.41. The first-order valence-electron chi connectivity index (χ1n) is 15.4. The lowest BCUT2D eigenvalue weighted by atomic mass is 9.73. The molecular weight excluding hydrogens is 564 g/mol. The van der Waals surface area contributed by atoms with Crippen molar-refractivity contribution in [2.75, 3.05) is 6.54 Å². The van der Waals surface area contributed by atoms with Crippen molar-refractivity contribution in [3.05, 3.63) is 0 Å². The minimum atomic E-state index is -3.86. The van der Waals surface area contributed by atoms with Crippen LogP contribution in [-0.2, 0) is 24.4 Å². The van der Waals surface area contributed by atoms with Crippen molar-refractivity contribution < 1.29 is 22.8 Å². The third-order valence-electron chi connectivity index (χ3n) is 12.3. The molecule has 1 saturated heterocycles. The maximum absolute atomic E-state index is 14.1. The molecule has 234 valence electrons. The fraction of sp³-hybridized carbons (Fsp3) is 0.900. The van der Waals surface area contributed by atoms with Crippen molar-refractivity contribution in [3.8, 4) is 0 Å². The van der Waals surface area contributed by atoms with Gasteiger partial charge in [-0.3, -0.25) is 19.1 Å². The topological polar surface area (TPSA) is 139 Å². The van der Waals surface area contributed by atoms with Crippen molar-refractivity contribution in [2.24, 2.45) is 33.3 Å². The molecule has 1 aliphatic heterocycles. The zero-order chi connectivity index (χ0) is 29.7. The second kappa shape index (κ2) is 9.81. The van der Waals surface area contributed by atoms with Crippen LogP contribution in [0.5, 0.6) is 0 Å². The minimum absolute atomic E-state index is 0. The van der Waals surface area contributed by atoms with Gasteiger partial charge in [0.2, 0.25) is 21.8 Å². The molecule has 0 aromatic carbocycles. The standard InChI is InChI=1S/C30H50N4O5S.ClH/c1-8-11-27(14-15-27)40(38,39)33-24(37)30(16-19(30)9-2)32-22(35)20-17-29(26(6,7)28(29)12-10-13-28)18-34(20)23(36)21(31)25(3,4)5;/h19-21H,8-18,31H2,1-7H3,(H,32,35)(H,33,37);1H/t19-,20-,21+,29+,30+;/m0./s1. The quantitative estimate of drug-likeness (QED) is 0.362. The Labute approximate surface area is 252 Å². The molecule has 0 aromatic rings. The smallest absolute Gasteiger partial charge is 0.259 e. The first-order chi connectivity index (χ1) is 18.4. The number of halogens is 1. The number of sulfonamides is 1. The van der Waals surface area contributed by atoms with E-state index in [4.69, 9.17) is 5.73 Å². The number of nitrogens with one attached hydrogen (secondary N) is 2. The van der Waals surface area contributed by atoms with E-state index in [9.17, 15) is 22.8 Å². The highest BCUT2D eigenvalue weighted by molar-refractivity contribution is 7.91. The molecule has 1 heterocycles. The third-order valence-corrected chi connectivity index (χ3v) is 14.5. The van der Waals surface area contributed by atoms with Gasteiger partial charge < -0.3 is 16.0 Å². The maximum atomic E-state index is 14.1. The predicted molar refractivity (Wildman–Crippen MR) is 161 cm³/mol. The number of rotatable bonds is 9. The molecule has 5 aliphatic rings. The highest BCUT2D eigenvalue weighted by Gasteiger charge is 2.85. The molecular formula is C30H51ClN4O5S. The summed E-state index contributed by atoms with van der Waals surface area (Å²) in [5, 5.41) is 3.01. The van der Waals surface area contributed by atoms with Crippen molar-refractivity contribution >= 4 is 40.2 Å². The van der Waals surface area contributed by atoms with Crippen LogP contribution in [0, 0.1) is 27.6 Å². The Kier molecular flexibility index (Phi) is 7.78. The average molecular weight is 615 g/mol. The average Bonchev–Trinajstić information content (AvgIpc) is 3.75. The van der Waals surface area contributed by atoms with E-state index in [1.165, 1.54) is 0 Å². The SMILES string of the molecule is CCCC1(S(=O)(=O)NC(=O)[C@@]2(NC(=O)[C@@H]3C[C@@]4(CN3C(=O)[C@@H](N)C(C)(C)C)C(C)(C)C43CCC3)C[C@@H]2CC)CC1.Cl. The monoisotopic (exact) mass is 614 g/mol. The molecule has 0 bridgehead atoms. The third kappa shape index (κ3) is 4.39. The van der Waals surface area contributed by atoms with E-state index in [0.717, 1.165) is 25.7 Å². The summed E-state index contributed by atoms with van der Waals surface area (Å²) in [6, 6.07) is -1.51. The van der Waals surface area contributed by atoms with Crippen molar-refractivity contribution in [3.63, 3.8) is 0 Å². The van der Waals surface area contributed by atoms with Crippen LogP contribution >= 0.6 is 12.4 Å². The Hall–Kier alpha value is -1.39. The molecule has 0 aromatic heterocycles. The van der Waals surface area contributed by atoms with Gasteiger partial charge in [0.15, 0.2) is 0 Å². The van der Waals surface area contributed by atoms with Crippen molar-refractivity contribution in [1.29, 1.82) is 0 Å². The van der Waals surface area contributed by atoms with Crippen molar-refractivity contribution in [2.45, 2.75) is 135 Å². The molecule has 2 spiro atoms. The summed E-state index contributed by atoms with van der Waals surface area (Å²) in [7, 11) is -3.86. The highest BCUT2D eigenvalue weighted by atomic mass is 35.5. The van der Waals surface area contributed by atoms with E-state index in [0.29, 0.717) is 45.1 Å². The van der Waals surface area contributed by atoms with Gasteiger partial charge in [0.1, 0.15) is 11.6 Å². The number of carbonyl (C=O) groups excluding carboxylic acids is 3. The van der Waals surface area contributed by atoms with Gasteiger partial charge in [0, 0.05) is 12.0 Å². The van der Waals surface area contributed by atoms with Crippen LogP contribution < -0.4 is 15.8 Å². The highest BCUT2D eigenvalue weighted by Crippen LogP contribution is 2.88. The molecule has 41 heavy (non-hydrogen) atoms. The summed E-state index contributed by atoms with van der Waals surface area (Å²) in [5.41, 5.74) is 4.68. The summed E-state index contributed by atoms with van der Waals surface area (Å²) in [6.07, 6.45) is 7.26. The second-order valence-electron chi connectivity index (χ2n) is 15.3. The number of hydrogen-bond acceptors (Lipinski definition) is 6. The van der Waals surface area contributed by atoms with E-state index in [2.05, 4.69) is 23.9 Å². The maximum Gasteiger partial charge on any atom is 0.259 e. The number of nitrogens with zero attached hydrogens (tertiary/aromatic N) is 1. The van der Waals surface area contributed by atoms with Crippen LogP contribution in [-0.4, -0.2) is 60.0 Å². The van der Waals surface area contributed by atoms with E-state index in [-0.39, 0.29) is 46.4 Å². The van der Waals surface area contributed by atoms with Crippen LogP contribution in [0.15, 0.2) is 0 Å². The number of nitrogens with two attached hydrogens (primary N) is 1. The normalized spacial score (nSPS) is 34.3. The molecule has 0 radical (unpaired) electrons. The number of likely N-dealkylation sites (tertiary alicyclic amines) is 1. The van der Waals surface area contributed by atoms with E-state index in [1.807, 2.05) is 34.6 Å². The Morgan fingerprint density at radius 1 is 1.02 bits per heavy atom. The largest absolute Gasteiger partial charge is 0.340 e. The van der Waals surface area contributed by atoms with Crippen molar-refractivity contribution in [1.82, 2.24) is 14.9 Å². The van der Waals surface area contributed by atoms with Gasteiger partial charge in [-0.25, -0.2) is 8.42 Å². The van der Waals surface area contributed by atoms with Gasteiger partial charge >= 0.3 is 0 Å². The van der Waals surface area contributed by atoms with Crippen LogP contribution in [0.1, 0.15) is 113 Å². The fourth-order valence-corrected chi connectivity index (χ4v) is 10.6. The van der Waals surface area contributed by atoms with Gasteiger partial charge in [0.05, 0.1) is 10.8 Å². The molecule has 0 unspecified atom stereocenters. The molecule has 9 nitrogen and oxygen atoms in total. The van der Waals surface area contributed by atoms with Crippen LogP contribution in [0.25, 0.3) is 0 Å². The summed E-state index contributed by atoms with van der Waals surface area (Å²) >= 11 is 0. The van der Waals surface area contributed by atoms with Gasteiger partial charge in [-0.2, -0.15) is 0 Å². The first-order valence-corrected chi connectivity index (χ1v) is 16.8. The molecule has 5 atom stereocenters. The molecule has 11 heteroatoms. The summed E-state index contributed by atoms with van der Waals surface area (Å²) in [4.78, 5) is 43.2. The van der Waals surface area contributed by atoms with Crippen LogP contribution in [0.2, 0.25) is 0 Å². The molecule has 5 rings (SSSR count). The Bertz CT molecular complexity index is 1220. The molecule has 4 aliphatic carbocycles. The lowest BCUT2D eigenvalue weighted by Crippen LogP contribution is -2.59. The molecule has 3 amide bonds. The second-order valence-corrected chi connectivity index (χ2v) is 17.4. The summed E-state index contributed by atoms with van der Waals surface area (Å²) in [6.45, 7) is 14.7. The van der Waals surface area contributed by atoms with Gasteiger partial charge in [0.25, 0.3) is 5.91 Å². The fourth-order valence-electron chi connectivity index (χ4n) is 8.80. The Morgan fingerprint density at radius 3 is 2.05 bits per heavy atom. The minimum Gasteiger partial charge on any atom is -0.340 e. The lowest BCUT2D eigenvalue weighted by Gasteiger charge is -2.34. The molecule has 5 fully saturated rings. The van der Waals surface area contributed by atoms with E-state index >= 15 is 0 Å². The van der Waals surface area contributed by atoms with Gasteiger partial charge in [-0.15, -0.1) is 12.4 Å². The van der Waals surface area contributed by atoms with Gasteiger partial charge in [-0.05, 0) is 67.1 Å². The Morgan fingerprint density at radius 2 is 1.63 bits per heavy atom. The predicted octanol–water partition coefficient (Wildman–Crippen LogP) is 3.64. The molecule has 4 N–H and O–H groups in total. The first kappa shape index (κ1) is 32.5. The number of fused-ring (bicyclic) bond motifs is 1. The van der Waals surface area contributed by atoms with Crippen LogP contribution in [0.3, 0.4) is 0 Å².